The van der Waals surface area contributed by atoms with Crippen molar-refractivity contribution in [1.82, 2.24) is 0 Å². The van der Waals surface area contributed by atoms with Crippen molar-refractivity contribution < 1.29 is 4.74 Å². The molecule has 0 bridgehead atoms. The van der Waals surface area contributed by atoms with Gasteiger partial charge in [0.25, 0.3) is 0 Å². The maximum absolute atomic E-state index is 5.21. The van der Waals surface area contributed by atoms with Crippen LogP contribution < -0.4 is 15.0 Å². The van der Waals surface area contributed by atoms with Gasteiger partial charge >= 0.3 is 0 Å². The van der Waals surface area contributed by atoms with Crippen LogP contribution >= 0.6 is 0 Å². The monoisotopic (exact) mass is 358 g/mol. The number of rotatable bonds is 5. The predicted octanol–water partition coefficient (Wildman–Crippen LogP) is 5.60. The fourth-order valence-electron chi connectivity index (χ4n) is 3.97. The molecule has 2 atom stereocenters. The van der Waals surface area contributed by atoms with Crippen molar-refractivity contribution in [3.63, 3.8) is 0 Å². The predicted molar refractivity (Wildman–Crippen MR) is 113 cm³/mol. The molecule has 0 saturated heterocycles. The third-order valence-electron chi connectivity index (χ3n) is 5.70. The van der Waals surface area contributed by atoms with Crippen molar-refractivity contribution in [2.45, 2.75) is 25.3 Å². The van der Waals surface area contributed by atoms with Crippen LogP contribution in [0.25, 0.3) is 0 Å². The molecule has 3 nitrogen and oxygen atoms in total. The van der Waals surface area contributed by atoms with Crippen molar-refractivity contribution in [2.75, 3.05) is 24.4 Å². The number of nitrogens with one attached hydrogen (secondary N) is 1. The lowest BCUT2D eigenvalue weighted by Crippen LogP contribution is -2.28. The number of methoxy groups -OCH3 is 1. The molecule has 0 aromatic heterocycles. The Labute approximate surface area is 161 Å². The zero-order valence-corrected chi connectivity index (χ0v) is 16.1. The highest BCUT2D eigenvalue weighted by Crippen LogP contribution is 2.41. The molecule has 1 aliphatic rings. The molecule has 3 heteroatoms. The lowest BCUT2D eigenvalue weighted by molar-refractivity contribution is 0.415. The standard InChI is InChI=1S/C24H26N2O/c1-17-23(22-6-4-5-7-24(22)26(17)2)16-18-8-10-19(11-9-18)25-20-12-14-21(27-3)15-13-20/h4-15,17,23,25H,16H2,1-3H3. The van der Waals surface area contributed by atoms with Gasteiger partial charge in [-0.1, -0.05) is 30.3 Å². The van der Waals surface area contributed by atoms with Crippen LogP contribution in [0.3, 0.4) is 0 Å². The molecule has 27 heavy (non-hydrogen) atoms. The first-order chi connectivity index (χ1) is 13.2. The molecule has 2 unspecified atom stereocenters. The Morgan fingerprint density at radius 1 is 0.889 bits per heavy atom. The van der Waals surface area contributed by atoms with Gasteiger partial charge in [0.05, 0.1) is 7.11 Å². The van der Waals surface area contributed by atoms with Gasteiger partial charge in [-0.25, -0.2) is 0 Å². The van der Waals surface area contributed by atoms with Crippen LogP contribution in [0.1, 0.15) is 24.0 Å². The van der Waals surface area contributed by atoms with Crippen LogP contribution in [0.5, 0.6) is 5.75 Å². The molecule has 0 spiro atoms. The average Bonchev–Trinajstić information content (AvgIpc) is 2.95. The summed E-state index contributed by atoms with van der Waals surface area (Å²) >= 11 is 0. The van der Waals surface area contributed by atoms with Gasteiger partial charge in [0.1, 0.15) is 5.75 Å². The molecule has 0 fully saturated rings. The number of anilines is 3. The van der Waals surface area contributed by atoms with Crippen LogP contribution in [0, 0.1) is 0 Å². The van der Waals surface area contributed by atoms with Gasteiger partial charge in [-0.05, 0) is 66.9 Å². The normalized spacial score (nSPS) is 18.3. The third-order valence-corrected chi connectivity index (χ3v) is 5.70. The Morgan fingerprint density at radius 2 is 1.52 bits per heavy atom. The Kier molecular flexibility index (Phi) is 4.76. The molecular weight excluding hydrogens is 332 g/mol. The number of nitrogens with zero attached hydrogens (tertiary/aromatic N) is 1. The smallest absolute Gasteiger partial charge is 0.119 e. The Morgan fingerprint density at radius 3 is 2.19 bits per heavy atom. The average molecular weight is 358 g/mol. The summed E-state index contributed by atoms with van der Waals surface area (Å²) in [6, 6.07) is 26.1. The van der Waals surface area contributed by atoms with Gasteiger partial charge in [-0.15, -0.1) is 0 Å². The van der Waals surface area contributed by atoms with E-state index in [4.69, 9.17) is 4.74 Å². The van der Waals surface area contributed by atoms with Gasteiger partial charge in [0.2, 0.25) is 0 Å². The largest absolute Gasteiger partial charge is 0.497 e. The van der Waals surface area contributed by atoms with E-state index < -0.39 is 0 Å². The second-order valence-corrected chi connectivity index (χ2v) is 7.27. The van der Waals surface area contributed by atoms with Crippen molar-refractivity contribution in [2.24, 2.45) is 0 Å². The molecule has 4 rings (SSSR count). The fraction of sp³-hybridized carbons (Fsp3) is 0.250. The number of likely N-dealkylation sites (N-methyl/N-ethyl adjacent to an activating group) is 1. The molecule has 3 aromatic rings. The number of benzene rings is 3. The van der Waals surface area contributed by atoms with Crippen LogP contribution in [0.2, 0.25) is 0 Å². The minimum atomic E-state index is 0.513. The quantitative estimate of drug-likeness (QED) is 0.642. The van der Waals surface area contributed by atoms with E-state index >= 15 is 0 Å². The highest BCUT2D eigenvalue weighted by Gasteiger charge is 2.32. The van der Waals surface area contributed by atoms with Crippen LogP contribution in [-0.4, -0.2) is 20.2 Å². The number of hydrogen-bond donors (Lipinski definition) is 1. The van der Waals surface area contributed by atoms with Crippen molar-refractivity contribution in [1.29, 1.82) is 0 Å². The van der Waals surface area contributed by atoms with Crippen molar-refractivity contribution in [3.8, 4) is 5.75 Å². The fourth-order valence-corrected chi connectivity index (χ4v) is 3.97. The van der Waals surface area contributed by atoms with E-state index in [0.717, 1.165) is 23.5 Å². The highest BCUT2D eigenvalue weighted by molar-refractivity contribution is 5.62. The first kappa shape index (κ1) is 17.5. The number of para-hydroxylation sites is 1. The van der Waals surface area contributed by atoms with E-state index in [1.807, 2.05) is 24.3 Å². The van der Waals surface area contributed by atoms with Crippen molar-refractivity contribution >= 4 is 17.1 Å². The second kappa shape index (κ2) is 7.36. The maximum Gasteiger partial charge on any atom is 0.119 e. The molecule has 1 N–H and O–H groups in total. The SMILES string of the molecule is COc1ccc(Nc2ccc(CC3c4ccccc4N(C)C3C)cc2)cc1. The lowest BCUT2D eigenvalue weighted by Gasteiger charge is -2.23. The summed E-state index contributed by atoms with van der Waals surface area (Å²) in [5.74, 6) is 1.40. The van der Waals surface area contributed by atoms with Crippen molar-refractivity contribution in [3.05, 3.63) is 83.9 Å². The number of fused-ring (bicyclic) bond motifs is 1. The summed E-state index contributed by atoms with van der Waals surface area (Å²) in [4.78, 5) is 2.40. The molecule has 0 amide bonds. The summed E-state index contributed by atoms with van der Waals surface area (Å²) in [5.41, 5.74) is 6.36. The zero-order chi connectivity index (χ0) is 18.8. The summed E-state index contributed by atoms with van der Waals surface area (Å²) in [7, 11) is 3.88. The Hall–Kier alpha value is -2.94. The molecule has 138 valence electrons. The Bertz CT molecular complexity index is 902. The summed E-state index contributed by atoms with van der Waals surface area (Å²) in [6.45, 7) is 2.32. The van der Waals surface area contributed by atoms with Gasteiger partial charge in [-0.2, -0.15) is 0 Å². The summed E-state index contributed by atoms with van der Waals surface area (Å²) in [6.07, 6.45) is 1.06. The lowest BCUT2D eigenvalue weighted by atomic mass is 9.89. The topological polar surface area (TPSA) is 24.5 Å². The number of hydrogen-bond acceptors (Lipinski definition) is 3. The molecule has 0 saturated carbocycles. The molecule has 1 aliphatic heterocycles. The molecule has 1 heterocycles. The first-order valence-corrected chi connectivity index (χ1v) is 9.47. The first-order valence-electron chi connectivity index (χ1n) is 9.47. The molecule has 3 aromatic carbocycles. The van der Waals surface area contributed by atoms with Gasteiger partial charge < -0.3 is 15.0 Å². The van der Waals surface area contributed by atoms with E-state index in [2.05, 4.69) is 72.7 Å². The summed E-state index contributed by atoms with van der Waals surface area (Å²) in [5, 5.41) is 3.44. The van der Waals surface area contributed by atoms with Gasteiger partial charge in [0, 0.05) is 36.1 Å². The maximum atomic E-state index is 5.21. The van der Waals surface area contributed by atoms with E-state index in [0.29, 0.717) is 12.0 Å². The van der Waals surface area contributed by atoms with Crippen LogP contribution in [0.15, 0.2) is 72.8 Å². The van der Waals surface area contributed by atoms with Crippen LogP contribution in [-0.2, 0) is 6.42 Å². The zero-order valence-electron chi connectivity index (χ0n) is 16.1. The van der Waals surface area contributed by atoms with E-state index in [9.17, 15) is 0 Å². The molecular formula is C24H26N2O. The summed E-state index contributed by atoms with van der Waals surface area (Å²) < 4.78 is 5.21. The second-order valence-electron chi connectivity index (χ2n) is 7.27. The van der Waals surface area contributed by atoms with Gasteiger partial charge in [0.15, 0.2) is 0 Å². The van der Waals surface area contributed by atoms with E-state index in [1.54, 1.807) is 7.11 Å². The molecule has 0 radical (unpaired) electrons. The number of ether oxygens (including phenoxy) is 1. The van der Waals surface area contributed by atoms with E-state index in [-0.39, 0.29) is 0 Å². The Balaban J connectivity index is 1.46. The third kappa shape index (κ3) is 3.50. The molecule has 0 aliphatic carbocycles. The van der Waals surface area contributed by atoms with Crippen LogP contribution in [0.4, 0.5) is 17.1 Å². The minimum absolute atomic E-state index is 0.513. The van der Waals surface area contributed by atoms with Gasteiger partial charge in [-0.3, -0.25) is 0 Å². The minimum Gasteiger partial charge on any atom is -0.497 e. The van der Waals surface area contributed by atoms with E-state index in [1.165, 1.54) is 16.8 Å². The highest BCUT2D eigenvalue weighted by atomic mass is 16.5.